The van der Waals surface area contributed by atoms with Crippen molar-refractivity contribution in [2.24, 2.45) is 5.10 Å². The monoisotopic (exact) mass is 265 g/mol. The summed E-state index contributed by atoms with van der Waals surface area (Å²) >= 11 is 5.07. The van der Waals surface area contributed by atoms with Crippen molar-refractivity contribution in [1.29, 1.82) is 0 Å². The molecule has 0 saturated heterocycles. The Bertz CT molecular complexity index is 407. The van der Waals surface area contributed by atoms with Gasteiger partial charge in [0, 0.05) is 6.54 Å². The fourth-order valence-corrected chi connectivity index (χ4v) is 1.46. The first kappa shape index (κ1) is 14.4. The smallest absolute Gasteiger partial charge is 0.186 e. The van der Waals surface area contributed by atoms with Crippen LogP contribution in [0.25, 0.3) is 0 Å². The van der Waals surface area contributed by atoms with E-state index in [0.29, 0.717) is 5.11 Å². The summed E-state index contributed by atoms with van der Waals surface area (Å²) < 4.78 is 5.13. The molecule has 0 unspecified atom stereocenters. The highest BCUT2D eigenvalue weighted by atomic mass is 32.1. The van der Waals surface area contributed by atoms with E-state index in [-0.39, 0.29) is 0 Å². The highest BCUT2D eigenvalue weighted by molar-refractivity contribution is 7.80. The number of ether oxygens (including phenoxy) is 1. The van der Waals surface area contributed by atoms with E-state index in [1.807, 2.05) is 24.3 Å². The topological polar surface area (TPSA) is 45.7 Å². The third-order valence-corrected chi connectivity index (χ3v) is 2.53. The molecule has 0 aliphatic rings. The second-order valence-electron chi connectivity index (χ2n) is 3.76. The first-order valence-corrected chi connectivity index (χ1v) is 6.38. The molecule has 1 aromatic carbocycles. The van der Waals surface area contributed by atoms with Crippen LogP contribution >= 0.6 is 12.2 Å². The zero-order valence-corrected chi connectivity index (χ0v) is 11.6. The van der Waals surface area contributed by atoms with Crippen LogP contribution in [-0.4, -0.2) is 25.0 Å². The molecule has 18 heavy (non-hydrogen) atoms. The molecule has 0 fully saturated rings. The minimum Gasteiger partial charge on any atom is -0.497 e. The highest BCUT2D eigenvalue weighted by Gasteiger charge is 1.93. The lowest BCUT2D eigenvalue weighted by Crippen LogP contribution is -2.32. The number of unbranched alkanes of at least 4 members (excludes halogenated alkanes) is 1. The van der Waals surface area contributed by atoms with Crippen LogP contribution in [0.3, 0.4) is 0 Å². The number of methoxy groups -OCH3 is 1. The second-order valence-corrected chi connectivity index (χ2v) is 4.16. The molecule has 5 heteroatoms. The summed E-state index contributed by atoms with van der Waals surface area (Å²) in [5.41, 5.74) is 3.73. The van der Waals surface area contributed by atoms with Gasteiger partial charge < -0.3 is 10.1 Å². The van der Waals surface area contributed by atoms with Crippen LogP contribution in [0, 0.1) is 0 Å². The van der Waals surface area contributed by atoms with E-state index >= 15 is 0 Å². The van der Waals surface area contributed by atoms with E-state index < -0.39 is 0 Å². The maximum absolute atomic E-state index is 5.13. The minimum atomic E-state index is 0.544. The third-order valence-electron chi connectivity index (χ3n) is 2.29. The molecule has 0 spiro atoms. The lowest BCUT2D eigenvalue weighted by molar-refractivity contribution is 0.415. The standard InChI is InChI=1S/C13H19N3OS/c1-3-4-8-14-13(18)16-15-10-11-6-5-7-12(9-11)17-2/h5-7,9-10H,3-4,8H2,1-2H3,(H2,14,16,18). The van der Waals surface area contributed by atoms with E-state index in [2.05, 4.69) is 22.8 Å². The fraction of sp³-hybridized carbons (Fsp3) is 0.385. The summed E-state index contributed by atoms with van der Waals surface area (Å²) in [6.07, 6.45) is 3.94. The molecule has 0 aliphatic carbocycles. The second kappa shape index (κ2) is 8.47. The molecular weight excluding hydrogens is 246 g/mol. The molecule has 0 saturated carbocycles. The van der Waals surface area contributed by atoms with Gasteiger partial charge in [-0.15, -0.1) is 0 Å². The molecule has 98 valence electrons. The van der Waals surface area contributed by atoms with E-state index in [9.17, 15) is 0 Å². The summed E-state index contributed by atoms with van der Waals surface area (Å²) in [4.78, 5) is 0. The van der Waals surface area contributed by atoms with Crippen LogP contribution in [0.5, 0.6) is 5.75 Å². The van der Waals surface area contributed by atoms with Crippen LogP contribution in [0.1, 0.15) is 25.3 Å². The molecule has 0 atom stereocenters. The van der Waals surface area contributed by atoms with E-state index in [0.717, 1.165) is 30.7 Å². The molecule has 0 aromatic heterocycles. The molecule has 4 nitrogen and oxygen atoms in total. The summed E-state index contributed by atoms with van der Waals surface area (Å²) in [5.74, 6) is 0.808. The first-order chi connectivity index (χ1) is 8.76. The highest BCUT2D eigenvalue weighted by Crippen LogP contribution is 2.10. The maximum Gasteiger partial charge on any atom is 0.186 e. The van der Waals surface area contributed by atoms with Crippen LogP contribution in [0.15, 0.2) is 29.4 Å². The molecule has 0 bridgehead atoms. The van der Waals surface area contributed by atoms with Crippen molar-refractivity contribution in [3.63, 3.8) is 0 Å². The van der Waals surface area contributed by atoms with Crippen molar-refractivity contribution in [2.75, 3.05) is 13.7 Å². The predicted molar refractivity (Wildman–Crippen MR) is 79.2 cm³/mol. The van der Waals surface area contributed by atoms with Crippen molar-refractivity contribution in [2.45, 2.75) is 19.8 Å². The quantitative estimate of drug-likeness (QED) is 0.358. The number of rotatable bonds is 6. The van der Waals surface area contributed by atoms with Crippen molar-refractivity contribution in [3.8, 4) is 5.75 Å². The zero-order valence-electron chi connectivity index (χ0n) is 10.8. The molecule has 0 radical (unpaired) electrons. The molecule has 2 N–H and O–H groups in total. The molecule has 0 heterocycles. The number of thiocarbonyl (C=S) groups is 1. The van der Waals surface area contributed by atoms with Crippen LogP contribution in [0.2, 0.25) is 0 Å². The average molecular weight is 265 g/mol. The number of nitrogens with one attached hydrogen (secondary N) is 2. The minimum absolute atomic E-state index is 0.544. The summed E-state index contributed by atoms with van der Waals surface area (Å²) in [7, 11) is 1.64. The average Bonchev–Trinajstić information content (AvgIpc) is 2.39. The van der Waals surface area contributed by atoms with Crippen molar-refractivity contribution >= 4 is 23.5 Å². The zero-order chi connectivity index (χ0) is 13.2. The number of hydrogen-bond acceptors (Lipinski definition) is 3. The van der Waals surface area contributed by atoms with Gasteiger partial charge in [0.25, 0.3) is 0 Å². The summed E-state index contributed by atoms with van der Waals surface area (Å²) in [5, 5.41) is 7.68. The van der Waals surface area contributed by atoms with Crippen LogP contribution in [0.4, 0.5) is 0 Å². The van der Waals surface area contributed by atoms with E-state index in [1.165, 1.54) is 0 Å². The van der Waals surface area contributed by atoms with Gasteiger partial charge in [-0.3, -0.25) is 5.43 Å². The van der Waals surface area contributed by atoms with Crippen LogP contribution < -0.4 is 15.5 Å². The Hall–Kier alpha value is -1.62. The Labute approximate surface area is 113 Å². The Kier molecular flexibility index (Phi) is 6.79. The van der Waals surface area contributed by atoms with Gasteiger partial charge in [0.1, 0.15) is 5.75 Å². The largest absolute Gasteiger partial charge is 0.497 e. The lowest BCUT2D eigenvalue weighted by Gasteiger charge is -2.05. The van der Waals surface area contributed by atoms with Crippen molar-refractivity contribution in [3.05, 3.63) is 29.8 Å². The van der Waals surface area contributed by atoms with Gasteiger partial charge in [0.15, 0.2) is 5.11 Å². The maximum atomic E-state index is 5.13. The van der Waals surface area contributed by atoms with Crippen molar-refractivity contribution < 1.29 is 4.74 Å². The number of hydrogen-bond donors (Lipinski definition) is 2. The summed E-state index contributed by atoms with van der Waals surface area (Å²) in [6.45, 7) is 3.01. The van der Waals surface area contributed by atoms with E-state index in [1.54, 1.807) is 13.3 Å². The number of benzene rings is 1. The normalized spacial score (nSPS) is 10.3. The molecule has 0 amide bonds. The number of nitrogens with zero attached hydrogens (tertiary/aromatic N) is 1. The molecule has 0 aliphatic heterocycles. The predicted octanol–water partition coefficient (Wildman–Crippen LogP) is 2.29. The van der Waals surface area contributed by atoms with Gasteiger partial charge in [-0.25, -0.2) is 0 Å². The molecule has 1 rings (SSSR count). The van der Waals surface area contributed by atoms with Gasteiger partial charge >= 0.3 is 0 Å². The van der Waals surface area contributed by atoms with Gasteiger partial charge in [0.05, 0.1) is 13.3 Å². The van der Waals surface area contributed by atoms with Gasteiger partial charge in [-0.2, -0.15) is 5.10 Å². The summed E-state index contributed by atoms with van der Waals surface area (Å²) in [6, 6.07) is 7.65. The first-order valence-electron chi connectivity index (χ1n) is 5.97. The van der Waals surface area contributed by atoms with Crippen molar-refractivity contribution in [1.82, 2.24) is 10.7 Å². The van der Waals surface area contributed by atoms with Crippen LogP contribution in [-0.2, 0) is 0 Å². The van der Waals surface area contributed by atoms with E-state index in [4.69, 9.17) is 17.0 Å². The molecular formula is C13H19N3OS. The van der Waals surface area contributed by atoms with Gasteiger partial charge in [0.2, 0.25) is 0 Å². The Morgan fingerprint density at radius 2 is 2.33 bits per heavy atom. The Balaban J connectivity index is 2.37. The Morgan fingerprint density at radius 3 is 3.06 bits per heavy atom. The fourth-order valence-electron chi connectivity index (χ4n) is 1.31. The SMILES string of the molecule is CCCCNC(=S)NN=Cc1cccc(OC)c1. The third kappa shape index (κ3) is 5.63. The molecule has 1 aromatic rings. The Morgan fingerprint density at radius 1 is 1.50 bits per heavy atom. The number of hydrazone groups is 1. The van der Waals surface area contributed by atoms with Gasteiger partial charge in [-0.1, -0.05) is 25.5 Å². The lowest BCUT2D eigenvalue weighted by atomic mass is 10.2. The van der Waals surface area contributed by atoms with Gasteiger partial charge in [-0.05, 0) is 36.3 Å².